The van der Waals surface area contributed by atoms with Crippen molar-refractivity contribution in [2.75, 3.05) is 9.80 Å². The molecule has 2 heteroatoms. The van der Waals surface area contributed by atoms with E-state index in [0.29, 0.717) is 0 Å². The molecule has 0 aliphatic carbocycles. The number of rotatable bonds is 6. The van der Waals surface area contributed by atoms with Crippen LogP contribution in [0.5, 0.6) is 0 Å². The highest BCUT2D eigenvalue weighted by molar-refractivity contribution is 6.17. The van der Waals surface area contributed by atoms with Gasteiger partial charge in [-0.3, -0.25) is 0 Å². The molecule has 47 heavy (non-hydrogen) atoms. The average molecular weight is 605 g/mol. The van der Waals surface area contributed by atoms with Crippen LogP contribution in [0.4, 0.5) is 34.1 Å². The van der Waals surface area contributed by atoms with Crippen molar-refractivity contribution in [3.63, 3.8) is 0 Å². The number of nitrogens with zero attached hydrogens (tertiary/aromatic N) is 2. The number of hydrogen-bond acceptors (Lipinski definition) is 2. The first-order valence-electron chi connectivity index (χ1n) is 16.3. The first-order valence-corrected chi connectivity index (χ1v) is 16.3. The largest absolute Gasteiger partial charge is 0.311 e. The highest BCUT2D eigenvalue weighted by atomic mass is 15.2. The van der Waals surface area contributed by atoms with E-state index >= 15 is 0 Å². The van der Waals surface area contributed by atoms with E-state index in [2.05, 4.69) is 194 Å². The molecule has 0 heterocycles. The zero-order valence-corrected chi connectivity index (χ0v) is 27.0. The zero-order chi connectivity index (χ0) is 31.9. The molecule has 2 nitrogen and oxygen atoms in total. The van der Waals surface area contributed by atoms with Crippen LogP contribution in [-0.4, -0.2) is 0 Å². The first-order chi connectivity index (χ1) is 23.0. The molecular formula is C45H36N2. The van der Waals surface area contributed by atoms with Crippen LogP contribution in [0.2, 0.25) is 0 Å². The lowest BCUT2D eigenvalue weighted by molar-refractivity contribution is 1.25. The number of fused-ring (bicyclic) bond motifs is 4. The molecule has 0 aliphatic rings. The molecule has 8 aromatic carbocycles. The predicted molar refractivity (Wildman–Crippen MR) is 203 cm³/mol. The van der Waals surface area contributed by atoms with Crippen LogP contribution >= 0.6 is 0 Å². The Bertz CT molecular complexity index is 2310. The second-order valence-electron chi connectivity index (χ2n) is 12.6. The van der Waals surface area contributed by atoms with Crippen LogP contribution in [0.1, 0.15) is 16.7 Å². The van der Waals surface area contributed by atoms with E-state index in [1.54, 1.807) is 0 Å². The molecule has 0 bridgehead atoms. The van der Waals surface area contributed by atoms with Gasteiger partial charge < -0.3 is 9.80 Å². The quantitative estimate of drug-likeness (QED) is 0.138. The molecule has 0 atom stereocenters. The van der Waals surface area contributed by atoms with Crippen LogP contribution in [-0.2, 0) is 0 Å². The van der Waals surface area contributed by atoms with Crippen LogP contribution in [0.25, 0.3) is 32.3 Å². The van der Waals surface area contributed by atoms with Gasteiger partial charge in [-0.15, -0.1) is 0 Å². The molecule has 8 rings (SSSR count). The van der Waals surface area contributed by atoms with E-state index in [1.165, 1.54) is 49.0 Å². The summed E-state index contributed by atoms with van der Waals surface area (Å²) in [5, 5.41) is 7.49. The molecule has 0 amide bonds. The number of benzene rings is 8. The summed E-state index contributed by atoms with van der Waals surface area (Å²) in [6.07, 6.45) is 0. The van der Waals surface area contributed by atoms with E-state index in [1.807, 2.05) is 0 Å². The minimum absolute atomic E-state index is 1.11. The molecule has 0 unspecified atom stereocenters. The van der Waals surface area contributed by atoms with Crippen LogP contribution in [0, 0.1) is 20.8 Å². The van der Waals surface area contributed by atoms with Gasteiger partial charge in [0.1, 0.15) is 0 Å². The molecule has 0 aromatic heterocycles. The molecule has 0 N–H and O–H groups in total. The van der Waals surface area contributed by atoms with Crippen molar-refractivity contribution in [1.29, 1.82) is 0 Å². The first kappa shape index (κ1) is 28.6. The molecule has 0 spiro atoms. The van der Waals surface area contributed by atoms with Gasteiger partial charge in [-0.25, -0.2) is 0 Å². The smallest absolute Gasteiger partial charge is 0.0546 e. The fraction of sp³-hybridized carbons (Fsp3) is 0.0667. The van der Waals surface area contributed by atoms with Crippen molar-refractivity contribution in [2.24, 2.45) is 0 Å². The number of aryl methyl sites for hydroxylation is 3. The Kier molecular flexibility index (Phi) is 7.19. The molecule has 0 saturated heterocycles. The lowest BCUT2D eigenvalue weighted by atomic mass is 9.96. The number of anilines is 6. The van der Waals surface area contributed by atoms with Crippen molar-refractivity contribution in [3.05, 3.63) is 180 Å². The topological polar surface area (TPSA) is 6.48 Å². The minimum atomic E-state index is 1.11. The summed E-state index contributed by atoms with van der Waals surface area (Å²) < 4.78 is 0. The fourth-order valence-electron chi connectivity index (χ4n) is 6.67. The monoisotopic (exact) mass is 604 g/mol. The van der Waals surface area contributed by atoms with E-state index < -0.39 is 0 Å². The highest BCUT2D eigenvalue weighted by Crippen LogP contribution is 2.44. The molecule has 0 saturated carbocycles. The van der Waals surface area contributed by atoms with Crippen molar-refractivity contribution in [3.8, 4) is 0 Å². The summed E-state index contributed by atoms with van der Waals surface area (Å²) >= 11 is 0. The summed E-state index contributed by atoms with van der Waals surface area (Å²) in [5.74, 6) is 0. The summed E-state index contributed by atoms with van der Waals surface area (Å²) in [5.41, 5.74) is 10.5. The maximum absolute atomic E-state index is 2.41. The summed E-state index contributed by atoms with van der Waals surface area (Å²) in [7, 11) is 0. The maximum Gasteiger partial charge on any atom is 0.0546 e. The van der Waals surface area contributed by atoms with Gasteiger partial charge in [0.15, 0.2) is 0 Å². The molecule has 0 aliphatic heterocycles. The van der Waals surface area contributed by atoms with Gasteiger partial charge in [0.25, 0.3) is 0 Å². The predicted octanol–water partition coefficient (Wildman–Crippen LogP) is 13.0. The Morgan fingerprint density at radius 1 is 0.298 bits per heavy atom. The molecular weight excluding hydrogens is 569 g/mol. The Hall–Kier alpha value is -5.86. The lowest BCUT2D eigenvalue weighted by Gasteiger charge is -2.29. The second kappa shape index (κ2) is 11.8. The van der Waals surface area contributed by atoms with Crippen molar-refractivity contribution < 1.29 is 0 Å². The SMILES string of the molecule is Cc1ccc(N(c2ccc(C)cc2)c2ccc(N(c3ccc(C)cc3)c3cc4cc5ccccc5cc4c4ccccc34)cc2)cc1. The van der Waals surface area contributed by atoms with E-state index in [0.717, 1.165) is 34.1 Å². The zero-order valence-electron chi connectivity index (χ0n) is 27.0. The van der Waals surface area contributed by atoms with Crippen LogP contribution < -0.4 is 9.80 Å². The minimum Gasteiger partial charge on any atom is -0.311 e. The Labute approximate surface area is 276 Å². The van der Waals surface area contributed by atoms with Gasteiger partial charge in [0.2, 0.25) is 0 Å². The van der Waals surface area contributed by atoms with Crippen LogP contribution in [0.15, 0.2) is 164 Å². The molecule has 8 aromatic rings. The molecule has 0 fully saturated rings. The maximum atomic E-state index is 2.41. The lowest BCUT2D eigenvalue weighted by Crippen LogP contribution is -2.12. The summed E-state index contributed by atoms with van der Waals surface area (Å²) in [6.45, 7) is 6.41. The van der Waals surface area contributed by atoms with Gasteiger partial charge >= 0.3 is 0 Å². The van der Waals surface area contributed by atoms with E-state index in [-0.39, 0.29) is 0 Å². The van der Waals surface area contributed by atoms with Gasteiger partial charge in [0, 0.05) is 33.8 Å². The Balaban J connectivity index is 1.31. The van der Waals surface area contributed by atoms with Crippen molar-refractivity contribution in [2.45, 2.75) is 20.8 Å². The molecule has 226 valence electrons. The standard InChI is InChI=1S/C45H36N2/c1-31-12-18-37(19-13-31)46(38-20-14-32(2)15-21-38)39-24-26-41(27-25-39)47(40-22-16-33(3)17-23-40)45-30-36-28-34-8-4-5-9-35(34)29-44(36)42-10-6-7-11-43(42)45/h4-30H,1-3H3. The Morgan fingerprint density at radius 2 is 0.681 bits per heavy atom. The summed E-state index contributed by atoms with van der Waals surface area (Å²) in [4.78, 5) is 4.73. The Morgan fingerprint density at radius 3 is 1.17 bits per heavy atom. The van der Waals surface area contributed by atoms with Gasteiger partial charge in [-0.05, 0) is 127 Å². The summed E-state index contributed by atoms with van der Waals surface area (Å²) in [6, 6.07) is 59.9. The third kappa shape index (κ3) is 5.38. The second-order valence-corrected chi connectivity index (χ2v) is 12.6. The van der Waals surface area contributed by atoms with Gasteiger partial charge in [0.05, 0.1) is 5.69 Å². The number of hydrogen-bond donors (Lipinski definition) is 0. The van der Waals surface area contributed by atoms with E-state index in [4.69, 9.17) is 0 Å². The van der Waals surface area contributed by atoms with Gasteiger partial charge in [-0.2, -0.15) is 0 Å². The average Bonchev–Trinajstić information content (AvgIpc) is 3.11. The van der Waals surface area contributed by atoms with Crippen molar-refractivity contribution >= 4 is 66.4 Å². The van der Waals surface area contributed by atoms with Gasteiger partial charge in [-0.1, -0.05) is 102 Å². The normalized spacial score (nSPS) is 11.3. The molecule has 0 radical (unpaired) electrons. The van der Waals surface area contributed by atoms with Crippen molar-refractivity contribution in [1.82, 2.24) is 0 Å². The fourth-order valence-corrected chi connectivity index (χ4v) is 6.67. The van der Waals surface area contributed by atoms with E-state index in [9.17, 15) is 0 Å². The van der Waals surface area contributed by atoms with Crippen LogP contribution in [0.3, 0.4) is 0 Å². The highest BCUT2D eigenvalue weighted by Gasteiger charge is 2.19. The third-order valence-electron chi connectivity index (χ3n) is 9.19. The third-order valence-corrected chi connectivity index (χ3v) is 9.19.